The van der Waals surface area contributed by atoms with Gasteiger partial charge in [-0.1, -0.05) is 0 Å². The molecule has 2 aliphatic heterocycles. The Morgan fingerprint density at radius 1 is 1.31 bits per heavy atom. The van der Waals surface area contributed by atoms with Crippen LogP contribution in [0.15, 0.2) is 18.2 Å². The topological polar surface area (TPSA) is 105 Å². The van der Waals surface area contributed by atoms with Crippen molar-refractivity contribution < 1.29 is 22.7 Å². The van der Waals surface area contributed by atoms with Gasteiger partial charge in [0.05, 0.1) is 24.4 Å². The normalized spacial score (nSPS) is 19.7. The predicted octanol–water partition coefficient (Wildman–Crippen LogP) is 0.907. The van der Waals surface area contributed by atoms with E-state index >= 15 is 0 Å². The van der Waals surface area contributed by atoms with Crippen LogP contribution in [0.1, 0.15) is 25.8 Å². The van der Waals surface area contributed by atoms with Gasteiger partial charge in [-0.25, -0.2) is 8.42 Å². The zero-order chi connectivity index (χ0) is 18.9. The van der Waals surface area contributed by atoms with Crippen LogP contribution in [0.5, 0.6) is 0 Å². The molecule has 0 unspecified atom stereocenters. The SMILES string of the molecule is CC1(C)C(=O)Nc2ccc(NC(=O)CCS(=O)(=O)N3CCOCC3)cc21. The first-order chi connectivity index (χ1) is 12.2. The molecule has 0 radical (unpaired) electrons. The van der Waals surface area contributed by atoms with E-state index in [0.717, 1.165) is 11.3 Å². The number of rotatable bonds is 5. The van der Waals surface area contributed by atoms with E-state index in [0.29, 0.717) is 32.0 Å². The summed E-state index contributed by atoms with van der Waals surface area (Å²) < 4.78 is 31.0. The van der Waals surface area contributed by atoms with Crippen LogP contribution in [0.2, 0.25) is 0 Å². The molecule has 1 aromatic rings. The smallest absolute Gasteiger partial charge is 0.234 e. The number of carbonyl (C=O) groups excluding carboxylic acids is 2. The van der Waals surface area contributed by atoms with Crippen LogP contribution in [0.3, 0.4) is 0 Å². The standard InChI is InChI=1S/C17H23N3O5S/c1-17(2)13-11-12(3-4-14(13)19-16(17)22)18-15(21)5-10-26(23,24)20-6-8-25-9-7-20/h3-4,11H,5-10H2,1-2H3,(H,18,21)(H,19,22). The largest absolute Gasteiger partial charge is 0.379 e. The first-order valence-electron chi connectivity index (χ1n) is 8.51. The van der Waals surface area contributed by atoms with Crippen LogP contribution >= 0.6 is 0 Å². The van der Waals surface area contributed by atoms with Gasteiger partial charge in [0.25, 0.3) is 0 Å². The van der Waals surface area contributed by atoms with Crippen LogP contribution in [0.25, 0.3) is 0 Å². The van der Waals surface area contributed by atoms with Crippen molar-refractivity contribution in [2.45, 2.75) is 25.7 Å². The Bertz CT molecular complexity index is 829. The van der Waals surface area contributed by atoms with Gasteiger partial charge in [-0.05, 0) is 37.6 Å². The zero-order valence-corrected chi connectivity index (χ0v) is 15.7. The van der Waals surface area contributed by atoms with Crippen LogP contribution in [0.4, 0.5) is 11.4 Å². The zero-order valence-electron chi connectivity index (χ0n) is 14.9. The third kappa shape index (κ3) is 3.74. The van der Waals surface area contributed by atoms with E-state index in [1.165, 1.54) is 4.31 Å². The first-order valence-corrected chi connectivity index (χ1v) is 10.1. The van der Waals surface area contributed by atoms with Crippen molar-refractivity contribution in [2.24, 2.45) is 0 Å². The summed E-state index contributed by atoms with van der Waals surface area (Å²) in [7, 11) is -3.47. The first kappa shape index (κ1) is 18.8. The summed E-state index contributed by atoms with van der Waals surface area (Å²) in [5.41, 5.74) is 1.41. The fraction of sp³-hybridized carbons (Fsp3) is 0.529. The second-order valence-corrected chi connectivity index (χ2v) is 9.05. The molecule has 0 saturated carbocycles. The van der Waals surface area contributed by atoms with Gasteiger partial charge >= 0.3 is 0 Å². The maximum absolute atomic E-state index is 12.3. The average Bonchev–Trinajstić information content (AvgIpc) is 2.83. The molecule has 0 atom stereocenters. The summed E-state index contributed by atoms with van der Waals surface area (Å²) >= 11 is 0. The average molecular weight is 381 g/mol. The molecule has 0 aliphatic carbocycles. The van der Waals surface area contributed by atoms with Crippen LogP contribution < -0.4 is 10.6 Å². The number of carbonyl (C=O) groups is 2. The lowest BCUT2D eigenvalue weighted by Gasteiger charge is -2.25. The molecule has 2 amide bonds. The molecule has 0 bridgehead atoms. The van der Waals surface area contributed by atoms with Crippen molar-refractivity contribution in [3.8, 4) is 0 Å². The van der Waals surface area contributed by atoms with Crippen molar-refractivity contribution in [1.29, 1.82) is 0 Å². The summed E-state index contributed by atoms with van der Waals surface area (Å²) in [5, 5.41) is 5.52. The highest BCUT2D eigenvalue weighted by Crippen LogP contribution is 2.38. The highest BCUT2D eigenvalue weighted by molar-refractivity contribution is 7.89. The summed E-state index contributed by atoms with van der Waals surface area (Å²) in [6, 6.07) is 5.18. The fourth-order valence-corrected chi connectivity index (χ4v) is 4.45. The monoisotopic (exact) mass is 381 g/mol. The predicted molar refractivity (Wildman–Crippen MR) is 97.5 cm³/mol. The number of nitrogens with zero attached hydrogens (tertiary/aromatic N) is 1. The van der Waals surface area contributed by atoms with Gasteiger partial charge in [0.1, 0.15) is 0 Å². The van der Waals surface area contributed by atoms with Gasteiger partial charge in [-0.3, -0.25) is 9.59 Å². The number of sulfonamides is 1. The molecule has 8 nitrogen and oxygen atoms in total. The van der Waals surface area contributed by atoms with Crippen molar-refractivity contribution in [2.75, 3.05) is 42.7 Å². The lowest BCUT2D eigenvalue weighted by Crippen LogP contribution is -2.42. The third-order valence-electron chi connectivity index (χ3n) is 4.74. The Morgan fingerprint density at radius 3 is 2.69 bits per heavy atom. The third-order valence-corrected chi connectivity index (χ3v) is 6.62. The van der Waals surface area contributed by atoms with Crippen molar-refractivity contribution >= 4 is 33.2 Å². The molecular formula is C17H23N3O5S. The van der Waals surface area contributed by atoms with E-state index in [2.05, 4.69) is 10.6 Å². The lowest BCUT2D eigenvalue weighted by molar-refractivity contribution is -0.119. The number of hydrogen-bond acceptors (Lipinski definition) is 5. The van der Waals surface area contributed by atoms with Crippen LogP contribution in [0, 0.1) is 0 Å². The van der Waals surface area contributed by atoms with Gasteiger partial charge in [0, 0.05) is 30.9 Å². The van der Waals surface area contributed by atoms with Gasteiger partial charge < -0.3 is 15.4 Å². The second-order valence-electron chi connectivity index (χ2n) is 6.97. The van der Waals surface area contributed by atoms with Gasteiger partial charge in [-0.2, -0.15) is 4.31 Å². The Balaban J connectivity index is 1.61. The number of anilines is 2. The molecule has 2 aliphatic rings. The Kier molecular flexibility index (Phi) is 5.05. The van der Waals surface area contributed by atoms with E-state index in [-0.39, 0.29) is 24.0 Å². The summed E-state index contributed by atoms with van der Waals surface area (Å²) in [6.45, 7) is 5.03. The van der Waals surface area contributed by atoms with Crippen LogP contribution in [-0.4, -0.2) is 56.6 Å². The van der Waals surface area contributed by atoms with Crippen LogP contribution in [-0.2, 0) is 29.8 Å². The van der Waals surface area contributed by atoms with E-state index in [1.54, 1.807) is 18.2 Å². The molecule has 26 heavy (non-hydrogen) atoms. The molecule has 0 spiro atoms. The number of morpholine rings is 1. The minimum absolute atomic E-state index is 0.0902. The molecular weight excluding hydrogens is 358 g/mol. The highest BCUT2D eigenvalue weighted by Gasteiger charge is 2.38. The van der Waals surface area contributed by atoms with E-state index in [9.17, 15) is 18.0 Å². The molecule has 1 fully saturated rings. The highest BCUT2D eigenvalue weighted by atomic mass is 32.2. The fourth-order valence-electron chi connectivity index (χ4n) is 3.05. The number of nitrogens with one attached hydrogen (secondary N) is 2. The van der Waals surface area contributed by atoms with Gasteiger partial charge in [0.15, 0.2) is 0 Å². The number of amides is 2. The second kappa shape index (κ2) is 6.98. The van der Waals surface area contributed by atoms with Gasteiger partial charge in [-0.15, -0.1) is 0 Å². The van der Waals surface area contributed by atoms with E-state index in [1.807, 2.05) is 13.8 Å². The van der Waals surface area contributed by atoms with Crippen molar-refractivity contribution in [3.05, 3.63) is 23.8 Å². The molecule has 3 rings (SSSR count). The van der Waals surface area contributed by atoms with Crippen molar-refractivity contribution in [1.82, 2.24) is 4.31 Å². The molecule has 2 heterocycles. The molecule has 1 saturated heterocycles. The number of benzene rings is 1. The molecule has 1 aromatic carbocycles. The molecule has 142 valence electrons. The Hall–Kier alpha value is -1.97. The quantitative estimate of drug-likeness (QED) is 0.789. The molecule has 0 aromatic heterocycles. The summed E-state index contributed by atoms with van der Waals surface area (Å²) in [5.74, 6) is -0.709. The summed E-state index contributed by atoms with van der Waals surface area (Å²) in [6.07, 6.45) is -0.128. The number of fused-ring (bicyclic) bond motifs is 1. The molecule has 2 N–H and O–H groups in total. The Morgan fingerprint density at radius 2 is 2.00 bits per heavy atom. The minimum Gasteiger partial charge on any atom is -0.379 e. The lowest BCUT2D eigenvalue weighted by atomic mass is 9.86. The minimum atomic E-state index is -3.47. The maximum Gasteiger partial charge on any atom is 0.234 e. The van der Waals surface area contributed by atoms with E-state index in [4.69, 9.17) is 4.74 Å². The Labute approximate surface area is 152 Å². The van der Waals surface area contributed by atoms with Gasteiger partial charge in [0.2, 0.25) is 21.8 Å². The van der Waals surface area contributed by atoms with Crippen molar-refractivity contribution in [3.63, 3.8) is 0 Å². The maximum atomic E-state index is 12.3. The molecule has 9 heteroatoms. The number of hydrogen-bond donors (Lipinski definition) is 2. The number of ether oxygens (including phenoxy) is 1. The van der Waals surface area contributed by atoms with E-state index < -0.39 is 15.4 Å². The summed E-state index contributed by atoms with van der Waals surface area (Å²) in [4.78, 5) is 24.1.